The van der Waals surface area contributed by atoms with Crippen molar-refractivity contribution in [2.24, 2.45) is 0 Å². The van der Waals surface area contributed by atoms with Crippen LogP contribution in [0.25, 0.3) is 78.0 Å². The lowest BCUT2D eigenvalue weighted by Gasteiger charge is -2.10. The van der Waals surface area contributed by atoms with Gasteiger partial charge in [0.05, 0.1) is 6.85 Å². The highest BCUT2D eigenvalue weighted by Gasteiger charge is 2.18. The van der Waals surface area contributed by atoms with Gasteiger partial charge in [0.1, 0.15) is 11.2 Å². The van der Waals surface area contributed by atoms with Crippen LogP contribution < -0.4 is 0 Å². The first-order chi connectivity index (χ1) is 22.4. The van der Waals surface area contributed by atoms with Crippen LogP contribution in [0.4, 0.5) is 0 Å². The van der Waals surface area contributed by atoms with Crippen LogP contribution in [0.3, 0.4) is 0 Å². The molecule has 0 bridgehead atoms. The molecule has 2 heterocycles. The van der Waals surface area contributed by atoms with Crippen molar-refractivity contribution in [1.29, 1.82) is 0 Å². The maximum atomic E-state index is 8.65. The van der Waals surface area contributed by atoms with Crippen molar-refractivity contribution in [2.45, 2.75) is 0 Å². The van der Waals surface area contributed by atoms with Gasteiger partial charge in [0, 0.05) is 27.5 Å². The van der Waals surface area contributed by atoms with E-state index in [0.29, 0.717) is 28.4 Å². The van der Waals surface area contributed by atoms with E-state index >= 15 is 0 Å². The van der Waals surface area contributed by atoms with E-state index in [4.69, 9.17) is 26.2 Å². The topological polar surface area (TPSA) is 51.8 Å². The Morgan fingerprint density at radius 3 is 1.90 bits per heavy atom. The maximum Gasteiger partial charge on any atom is 0.164 e. The second kappa shape index (κ2) is 9.54. The average molecular weight is 531 g/mol. The Labute approximate surface area is 243 Å². The van der Waals surface area contributed by atoms with Gasteiger partial charge in [-0.15, -0.1) is 0 Å². The van der Waals surface area contributed by atoms with Crippen molar-refractivity contribution in [3.05, 3.63) is 139 Å². The molecule has 0 N–H and O–H groups in total. The molecular weight excluding hydrogens is 502 g/mol. The maximum absolute atomic E-state index is 8.65. The summed E-state index contributed by atoms with van der Waals surface area (Å²) in [5.74, 6) is 0.585. The van der Waals surface area contributed by atoms with Gasteiger partial charge in [0.25, 0.3) is 0 Å². The van der Waals surface area contributed by atoms with E-state index in [-0.39, 0.29) is 23.5 Å². The van der Waals surface area contributed by atoms with Gasteiger partial charge in [-0.3, -0.25) is 0 Å². The number of nitrogens with zero attached hydrogens (tertiary/aromatic N) is 3. The smallest absolute Gasteiger partial charge is 0.164 e. The molecule has 4 nitrogen and oxygen atoms in total. The molecule has 0 fully saturated rings. The number of fused-ring (bicyclic) bond motifs is 4. The molecule has 6 aromatic carbocycles. The number of furan rings is 1. The van der Waals surface area contributed by atoms with Crippen LogP contribution in [-0.2, 0) is 0 Å². The zero-order valence-electron chi connectivity index (χ0n) is 26.6. The fourth-order valence-electron chi connectivity index (χ4n) is 5.24. The summed E-state index contributed by atoms with van der Waals surface area (Å²) in [4.78, 5) is 14.4. The summed E-state index contributed by atoms with van der Waals surface area (Å²) < 4.78 is 48.2. The predicted octanol–water partition coefficient (Wildman–Crippen LogP) is 9.59. The lowest BCUT2D eigenvalue weighted by Crippen LogP contribution is -2.00. The Morgan fingerprint density at radius 2 is 1.12 bits per heavy atom. The Morgan fingerprint density at radius 1 is 0.488 bits per heavy atom. The molecule has 0 saturated heterocycles. The third-order valence-corrected chi connectivity index (χ3v) is 7.21. The minimum Gasteiger partial charge on any atom is -0.456 e. The van der Waals surface area contributed by atoms with Gasteiger partial charge in [-0.25, -0.2) is 15.0 Å². The van der Waals surface area contributed by atoms with Crippen LogP contribution in [0.2, 0.25) is 0 Å². The fourth-order valence-corrected chi connectivity index (χ4v) is 5.24. The molecule has 0 radical (unpaired) electrons. The summed E-state index contributed by atoms with van der Waals surface area (Å²) in [6, 6.07) is 33.4. The third-order valence-electron chi connectivity index (χ3n) is 7.21. The lowest BCUT2D eigenvalue weighted by molar-refractivity contribution is 0.669. The minimum absolute atomic E-state index is 0.0145. The molecule has 0 atom stereocenters. The van der Waals surface area contributed by atoms with Crippen LogP contribution in [0.5, 0.6) is 0 Å². The molecule has 8 rings (SSSR count). The minimum atomic E-state index is -0.480. The van der Waals surface area contributed by atoms with Crippen molar-refractivity contribution in [3.8, 4) is 45.3 Å². The van der Waals surface area contributed by atoms with E-state index in [2.05, 4.69) is 6.07 Å². The monoisotopic (exact) mass is 530 g/mol. The Bertz CT molecular complexity index is 2450. The molecule has 2 aromatic heterocycles. The summed E-state index contributed by atoms with van der Waals surface area (Å²) in [6.45, 7) is 0. The van der Waals surface area contributed by atoms with E-state index in [1.165, 1.54) is 0 Å². The van der Waals surface area contributed by atoms with Crippen LogP contribution >= 0.6 is 0 Å². The third kappa shape index (κ3) is 4.14. The van der Waals surface area contributed by atoms with Gasteiger partial charge in [0.15, 0.2) is 17.5 Å². The van der Waals surface area contributed by atoms with E-state index in [1.54, 1.807) is 0 Å². The van der Waals surface area contributed by atoms with Crippen molar-refractivity contribution >= 4 is 32.7 Å². The first-order valence-electron chi connectivity index (χ1n) is 15.7. The Hall–Kier alpha value is -5.61. The molecule has 0 unspecified atom stereocenters. The van der Waals surface area contributed by atoms with Gasteiger partial charge >= 0.3 is 0 Å². The highest BCUT2D eigenvalue weighted by atomic mass is 16.3. The summed E-state index contributed by atoms with van der Waals surface area (Å²) >= 11 is 0. The molecular formula is C37H23N3O. The van der Waals surface area contributed by atoms with E-state index < -0.39 is 18.1 Å². The van der Waals surface area contributed by atoms with Crippen LogP contribution in [0.1, 0.15) is 6.85 Å². The van der Waals surface area contributed by atoms with Crippen molar-refractivity contribution in [2.75, 3.05) is 0 Å². The van der Waals surface area contributed by atoms with Crippen LogP contribution in [0, 0.1) is 0 Å². The number of rotatable bonds is 4. The number of hydrogen-bond donors (Lipinski definition) is 0. The SMILES string of the molecule is [2H]c1c([2H])c([2H])c(-c2nc(-c3ccc(-c4ccccc4)cc3)nc(-c3cccc4oc5cc6ccccc6cc5c34)n2)c([2H])c1[2H]. The molecule has 0 aliphatic carbocycles. The van der Waals surface area contributed by atoms with Gasteiger partial charge in [0.2, 0.25) is 0 Å². The zero-order valence-corrected chi connectivity index (χ0v) is 21.6. The van der Waals surface area contributed by atoms with Crippen molar-refractivity contribution in [3.63, 3.8) is 0 Å². The van der Waals surface area contributed by atoms with Gasteiger partial charge in [-0.05, 0) is 40.1 Å². The molecule has 0 saturated carbocycles. The molecule has 0 aliphatic rings. The van der Waals surface area contributed by atoms with Gasteiger partial charge in [-0.2, -0.15) is 0 Å². The fraction of sp³-hybridized carbons (Fsp3) is 0. The molecule has 0 aliphatic heterocycles. The Balaban J connectivity index is 1.39. The zero-order chi connectivity index (χ0) is 31.5. The van der Waals surface area contributed by atoms with Crippen LogP contribution in [0.15, 0.2) is 144 Å². The summed E-state index contributed by atoms with van der Waals surface area (Å²) in [5, 5.41) is 3.82. The normalized spacial score (nSPS) is 13.1. The van der Waals surface area contributed by atoms with Crippen molar-refractivity contribution < 1.29 is 11.3 Å². The summed E-state index contributed by atoms with van der Waals surface area (Å²) in [5.41, 5.74) is 4.73. The largest absolute Gasteiger partial charge is 0.456 e. The van der Waals surface area contributed by atoms with Gasteiger partial charge < -0.3 is 4.42 Å². The average Bonchev–Trinajstić information content (AvgIpc) is 3.47. The molecule has 0 spiro atoms. The second-order valence-corrected chi connectivity index (χ2v) is 9.73. The summed E-state index contributed by atoms with van der Waals surface area (Å²) in [6.07, 6.45) is 0. The van der Waals surface area contributed by atoms with Crippen molar-refractivity contribution in [1.82, 2.24) is 15.0 Å². The highest BCUT2D eigenvalue weighted by Crippen LogP contribution is 2.38. The quantitative estimate of drug-likeness (QED) is 0.227. The first kappa shape index (κ1) is 18.6. The lowest BCUT2D eigenvalue weighted by atomic mass is 10.0. The second-order valence-electron chi connectivity index (χ2n) is 9.73. The molecule has 4 heteroatoms. The van der Waals surface area contributed by atoms with Gasteiger partial charge in [-0.1, -0.05) is 121 Å². The number of aromatic nitrogens is 3. The van der Waals surface area contributed by atoms with E-state index in [1.807, 2.05) is 103 Å². The molecule has 0 amide bonds. The van der Waals surface area contributed by atoms with E-state index in [0.717, 1.165) is 38.3 Å². The molecule has 8 aromatic rings. The molecule has 192 valence electrons. The Kier molecular flexibility index (Phi) is 4.34. The number of benzene rings is 6. The molecule has 41 heavy (non-hydrogen) atoms. The highest BCUT2D eigenvalue weighted by molar-refractivity contribution is 6.15. The van der Waals surface area contributed by atoms with E-state index in [9.17, 15) is 0 Å². The standard InChI is InChI=1S/C37H23N3O/c1-3-10-24(11-4-1)25-18-20-27(21-19-25)36-38-35(26-12-5-2-6-13-26)39-37(40-36)30-16-9-17-32-34(30)31-22-28-14-7-8-15-29(28)23-33(31)41-32/h1-23H/i2D,5D,6D,12D,13D. The first-order valence-corrected chi connectivity index (χ1v) is 13.2. The predicted molar refractivity (Wildman–Crippen MR) is 166 cm³/mol. The number of hydrogen-bond acceptors (Lipinski definition) is 4. The van der Waals surface area contributed by atoms with Crippen LogP contribution in [-0.4, -0.2) is 15.0 Å². The summed E-state index contributed by atoms with van der Waals surface area (Å²) in [7, 11) is 0.